The van der Waals surface area contributed by atoms with Crippen LogP contribution in [0.4, 0.5) is 26.3 Å². The molecule has 1 amide bonds. The fraction of sp³-hybridized carbons (Fsp3) is 0.700. The maximum atomic E-state index is 12.2. The van der Waals surface area contributed by atoms with Gasteiger partial charge in [-0.05, 0) is 19.8 Å². The van der Waals surface area contributed by atoms with Crippen LogP contribution in [0.3, 0.4) is 0 Å². The molecule has 1 heterocycles. The largest absolute Gasteiger partial charge is 0.522 e. The van der Waals surface area contributed by atoms with Crippen LogP contribution >= 0.6 is 0 Å². The van der Waals surface area contributed by atoms with Crippen LogP contribution in [-0.4, -0.2) is 53.1 Å². The number of carbonyl (C=O) groups is 1. The first kappa shape index (κ1) is 25.5. The van der Waals surface area contributed by atoms with Crippen molar-refractivity contribution >= 4 is 5.91 Å². The van der Waals surface area contributed by atoms with Gasteiger partial charge >= 0.3 is 12.7 Å². The number of rotatable bonds is 10. The quantitative estimate of drug-likeness (QED) is 0.506. The van der Waals surface area contributed by atoms with Gasteiger partial charge in [-0.15, -0.1) is 26.3 Å². The van der Waals surface area contributed by atoms with E-state index in [4.69, 9.17) is 4.74 Å². The van der Waals surface area contributed by atoms with Crippen molar-refractivity contribution in [3.05, 3.63) is 30.0 Å². The monoisotopic (exact) mass is 485 g/mol. The van der Waals surface area contributed by atoms with Gasteiger partial charge in [-0.2, -0.15) is 0 Å². The van der Waals surface area contributed by atoms with Crippen LogP contribution in [0.5, 0.6) is 0 Å². The molecule has 1 N–H and O–H groups in total. The molecule has 0 unspecified atom stereocenters. The molecule has 1 aromatic heterocycles. The van der Waals surface area contributed by atoms with E-state index in [-0.39, 0.29) is 38.2 Å². The van der Waals surface area contributed by atoms with E-state index < -0.39 is 36.9 Å². The van der Waals surface area contributed by atoms with Crippen LogP contribution < -0.4 is 5.32 Å². The molecule has 0 spiro atoms. The van der Waals surface area contributed by atoms with Gasteiger partial charge in [0.1, 0.15) is 12.4 Å². The van der Waals surface area contributed by atoms with Crippen molar-refractivity contribution in [2.24, 2.45) is 0 Å². The first-order chi connectivity index (χ1) is 15.3. The van der Waals surface area contributed by atoms with E-state index in [0.29, 0.717) is 30.2 Å². The Morgan fingerprint density at radius 2 is 1.67 bits per heavy atom. The summed E-state index contributed by atoms with van der Waals surface area (Å²) in [6, 6.07) is 0. The number of hydrogen-bond donors (Lipinski definition) is 1. The molecule has 0 aliphatic heterocycles. The van der Waals surface area contributed by atoms with Crippen molar-refractivity contribution in [2.75, 3.05) is 6.61 Å². The van der Waals surface area contributed by atoms with Crippen LogP contribution in [-0.2, 0) is 25.5 Å². The zero-order valence-electron chi connectivity index (χ0n) is 17.8. The Kier molecular flexibility index (Phi) is 7.74. The predicted molar refractivity (Wildman–Crippen MR) is 102 cm³/mol. The van der Waals surface area contributed by atoms with Gasteiger partial charge in [0, 0.05) is 43.6 Å². The second kappa shape index (κ2) is 10.0. The Labute approximate surface area is 186 Å². The third-order valence-corrected chi connectivity index (χ3v) is 5.58. The summed E-state index contributed by atoms with van der Waals surface area (Å²) >= 11 is 0. The van der Waals surface area contributed by atoms with E-state index in [0.717, 1.165) is 0 Å². The Balaban J connectivity index is 1.32. The molecule has 1 aromatic rings. The Bertz CT molecular complexity index is 842. The molecule has 0 aromatic carbocycles. The highest BCUT2D eigenvalue weighted by atomic mass is 19.4. The van der Waals surface area contributed by atoms with Crippen molar-refractivity contribution in [1.29, 1.82) is 0 Å². The fourth-order valence-corrected chi connectivity index (χ4v) is 3.73. The number of alkyl halides is 6. The predicted octanol–water partition coefficient (Wildman–Crippen LogP) is 4.08. The first-order valence-electron chi connectivity index (χ1n) is 10.4. The highest BCUT2D eigenvalue weighted by Crippen LogP contribution is 2.40. The number of hydrogen-bond acceptors (Lipinski definition) is 5. The zero-order valence-corrected chi connectivity index (χ0v) is 17.8. The number of ether oxygens (including phenoxy) is 3. The average Bonchev–Trinajstić information content (AvgIpc) is 2.96. The minimum absolute atomic E-state index is 0.0695. The Morgan fingerprint density at radius 1 is 1.09 bits per heavy atom. The lowest BCUT2D eigenvalue weighted by Crippen LogP contribution is -2.42. The normalized spacial score (nSPS) is 25.3. The summed E-state index contributed by atoms with van der Waals surface area (Å²) in [5.41, 5.74) is 1.12. The molecular formula is C20H25F6N3O4. The smallest absolute Gasteiger partial charge is 0.368 e. The van der Waals surface area contributed by atoms with Gasteiger partial charge in [-0.25, -0.2) is 4.98 Å². The number of amides is 1. The van der Waals surface area contributed by atoms with Crippen LogP contribution in [0.2, 0.25) is 0 Å². The van der Waals surface area contributed by atoms with Crippen molar-refractivity contribution < 1.29 is 45.3 Å². The number of imidazole rings is 1. The third-order valence-electron chi connectivity index (χ3n) is 5.58. The first-order valence-corrected chi connectivity index (χ1v) is 10.4. The molecule has 0 saturated heterocycles. The summed E-state index contributed by atoms with van der Waals surface area (Å²) in [5.74, 6) is 0.131. The van der Waals surface area contributed by atoms with E-state index >= 15 is 0 Å². The van der Waals surface area contributed by atoms with E-state index in [1.807, 2.05) is 4.57 Å². The second-order valence-corrected chi connectivity index (χ2v) is 8.25. The third kappa shape index (κ3) is 8.00. The summed E-state index contributed by atoms with van der Waals surface area (Å²) in [7, 11) is 0. The van der Waals surface area contributed by atoms with Gasteiger partial charge in [0.15, 0.2) is 0 Å². The Hall–Kier alpha value is -2.12. The van der Waals surface area contributed by atoms with Gasteiger partial charge in [0.25, 0.3) is 0 Å². The number of halogens is 6. The van der Waals surface area contributed by atoms with Gasteiger partial charge in [-0.3, -0.25) is 14.3 Å². The number of allylic oxidation sites excluding steroid dienone is 1. The number of aryl methyl sites for hydroxylation is 2. The molecule has 33 heavy (non-hydrogen) atoms. The van der Waals surface area contributed by atoms with E-state index in [9.17, 15) is 31.1 Å². The Morgan fingerprint density at radius 3 is 2.24 bits per heavy atom. The fourth-order valence-electron chi connectivity index (χ4n) is 3.73. The van der Waals surface area contributed by atoms with Crippen molar-refractivity contribution in [3.8, 4) is 0 Å². The van der Waals surface area contributed by atoms with Crippen molar-refractivity contribution in [3.63, 3.8) is 0 Å². The lowest BCUT2D eigenvalue weighted by atomic mass is 9.80. The van der Waals surface area contributed by atoms with Gasteiger partial charge in [0.2, 0.25) is 5.91 Å². The van der Waals surface area contributed by atoms with Gasteiger partial charge < -0.3 is 14.6 Å². The second-order valence-electron chi connectivity index (χ2n) is 8.25. The van der Waals surface area contributed by atoms with Gasteiger partial charge in [0.05, 0.1) is 24.0 Å². The average molecular weight is 485 g/mol. The van der Waals surface area contributed by atoms with E-state index in [1.54, 1.807) is 13.1 Å². The lowest BCUT2D eigenvalue weighted by molar-refractivity contribution is -0.357. The summed E-state index contributed by atoms with van der Waals surface area (Å²) in [6.45, 7) is 5.70. The summed E-state index contributed by atoms with van der Waals surface area (Å²) < 4.78 is 87.9. The molecule has 2 fully saturated rings. The molecule has 7 nitrogen and oxygen atoms in total. The summed E-state index contributed by atoms with van der Waals surface area (Å²) in [4.78, 5) is 16.3. The lowest BCUT2D eigenvalue weighted by Gasteiger charge is -2.34. The summed E-state index contributed by atoms with van der Waals surface area (Å²) in [6.07, 6.45) is -8.76. The number of nitrogens with one attached hydrogen (secondary N) is 1. The minimum Gasteiger partial charge on any atom is -0.368 e. The number of nitrogens with zero attached hydrogens (tertiary/aromatic N) is 2. The molecule has 186 valence electrons. The zero-order chi connectivity index (χ0) is 24.4. The number of aromatic nitrogens is 2. The maximum Gasteiger partial charge on any atom is 0.522 e. The molecule has 2 saturated carbocycles. The topological polar surface area (TPSA) is 74.6 Å². The highest BCUT2D eigenvalue weighted by Gasteiger charge is 2.42. The van der Waals surface area contributed by atoms with E-state index in [2.05, 4.69) is 26.4 Å². The molecule has 13 heteroatoms. The molecule has 2 aliphatic carbocycles. The van der Waals surface area contributed by atoms with Crippen LogP contribution in [0.25, 0.3) is 0 Å². The summed E-state index contributed by atoms with van der Waals surface area (Å²) in [5, 5.41) is 2.58. The molecular weight excluding hydrogens is 460 g/mol. The van der Waals surface area contributed by atoms with Crippen molar-refractivity contribution in [1.82, 2.24) is 14.9 Å². The van der Waals surface area contributed by atoms with Crippen LogP contribution in [0, 0.1) is 6.92 Å². The molecule has 0 bridgehead atoms. The van der Waals surface area contributed by atoms with Gasteiger partial charge in [-0.1, -0.05) is 6.58 Å². The minimum atomic E-state index is -4.68. The standard InChI is InChI=1S/C20H25F6N3O4/c1-11(27-18(30)10-31-14-7-16(8-14)33-20(24,25)26)3-4-29-9-17(28-12(29)2)13-5-15(6-13)32-19(21,22)23/h9,13-16H,1,3-8,10H2,2H3,(H,27,30). The van der Waals surface area contributed by atoms with Crippen LogP contribution in [0.15, 0.2) is 18.5 Å². The number of carbonyl (C=O) groups excluding carboxylic acids is 1. The SMILES string of the molecule is C=C(CCn1cc(C2CC(OC(F)(F)F)C2)nc1C)NC(=O)COC1CC(OC(F)(F)F)C1. The maximum absolute atomic E-state index is 12.2. The molecule has 0 radical (unpaired) electrons. The van der Waals surface area contributed by atoms with Crippen LogP contribution in [0.1, 0.15) is 49.5 Å². The van der Waals surface area contributed by atoms with E-state index in [1.165, 1.54) is 0 Å². The molecule has 3 rings (SSSR count). The highest BCUT2D eigenvalue weighted by molar-refractivity contribution is 5.78. The van der Waals surface area contributed by atoms with Crippen molar-refractivity contribution in [2.45, 2.75) is 82.5 Å². The molecule has 2 aliphatic rings. The molecule has 0 atom stereocenters.